The van der Waals surface area contributed by atoms with E-state index in [9.17, 15) is 9.18 Å². The maximum atomic E-state index is 13.6. The van der Waals surface area contributed by atoms with Gasteiger partial charge >= 0.3 is 6.09 Å². The fourth-order valence-electron chi connectivity index (χ4n) is 1.41. The predicted molar refractivity (Wildman–Crippen MR) is 71.9 cm³/mol. The number of amides is 1. The van der Waals surface area contributed by atoms with E-state index in [1.807, 2.05) is 0 Å². The molecule has 18 heavy (non-hydrogen) atoms. The molecule has 0 bridgehead atoms. The van der Waals surface area contributed by atoms with E-state index in [4.69, 9.17) is 4.74 Å². The van der Waals surface area contributed by atoms with E-state index >= 15 is 0 Å². The Kier molecular flexibility index (Phi) is 4.73. The molecule has 1 aromatic carbocycles. The van der Waals surface area contributed by atoms with Crippen molar-refractivity contribution in [3.63, 3.8) is 0 Å². The maximum Gasteiger partial charge on any atom is 0.408 e. The summed E-state index contributed by atoms with van der Waals surface area (Å²) in [5, 5.41) is 2.60. The number of rotatable bonds is 2. The van der Waals surface area contributed by atoms with Crippen molar-refractivity contribution in [2.24, 2.45) is 0 Å². The summed E-state index contributed by atoms with van der Waals surface area (Å²) in [6.07, 6.45) is -0.561. The van der Waals surface area contributed by atoms with Gasteiger partial charge in [0.25, 0.3) is 0 Å². The molecule has 0 saturated heterocycles. The highest BCUT2D eigenvalue weighted by Gasteiger charge is 2.19. The van der Waals surface area contributed by atoms with Crippen molar-refractivity contribution < 1.29 is 13.9 Å². The summed E-state index contributed by atoms with van der Waals surface area (Å²) in [5.41, 5.74) is -0.158. The van der Waals surface area contributed by atoms with Crippen LogP contribution >= 0.6 is 15.9 Å². The first-order chi connectivity index (χ1) is 8.19. The molecule has 1 rings (SSSR count). The monoisotopic (exact) mass is 317 g/mol. The molecule has 0 heterocycles. The Bertz CT molecular complexity index is 443. The third-order valence-electron chi connectivity index (χ3n) is 2.16. The summed E-state index contributed by atoms with van der Waals surface area (Å²) in [6, 6.07) is 4.14. The second-order valence-electron chi connectivity index (χ2n) is 5.03. The molecule has 0 fully saturated rings. The second-order valence-corrected chi connectivity index (χ2v) is 5.95. The van der Waals surface area contributed by atoms with Crippen molar-refractivity contribution in [1.82, 2.24) is 5.32 Å². The summed E-state index contributed by atoms with van der Waals surface area (Å²) in [5.74, 6) is -0.359. The first-order valence-corrected chi connectivity index (χ1v) is 6.43. The van der Waals surface area contributed by atoms with Gasteiger partial charge in [-0.25, -0.2) is 9.18 Å². The van der Waals surface area contributed by atoms with Crippen LogP contribution in [0.3, 0.4) is 0 Å². The van der Waals surface area contributed by atoms with Crippen molar-refractivity contribution in [3.05, 3.63) is 34.1 Å². The molecular formula is C13H17BrFNO2. The Morgan fingerprint density at radius 2 is 2.06 bits per heavy atom. The topological polar surface area (TPSA) is 38.3 Å². The number of nitrogens with one attached hydrogen (secondary N) is 1. The Balaban J connectivity index is 2.73. The van der Waals surface area contributed by atoms with Gasteiger partial charge in [0.1, 0.15) is 11.4 Å². The van der Waals surface area contributed by atoms with Crippen LogP contribution in [0.4, 0.5) is 9.18 Å². The zero-order chi connectivity index (χ0) is 13.9. The molecule has 100 valence electrons. The smallest absolute Gasteiger partial charge is 0.408 e. The highest BCUT2D eigenvalue weighted by molar-refractivity contribution is 9.10. The molecule has 1 atom stereocenters. The molecule has 0 radical (unpaired) electrons. The van der Waals surface area contributed by atoms with Crippen LogP contribution in [-0.4, -0.2) is 11.7 Å². The van der Waals surface area contributed by atoms with Gasteiger partial charge in [0.2, 0.25) is 0 Å². The van der Waals surface area contributed by atoms with Gasteiger partial charge in [-0.05, 0) is 45.9 Å². The van der Waals surface area contributed by atoms with E-state index in [1.165, 1.54) is 6.07 Å². The molecule has 0 spiro atoms. The highest BCUT2D eigenvalue weighted by atomic mass is 79.9. The Morgan fingerprint density at radius 1 is 1.44 bits per heavy atom. The lowest BCUT2D eigenvalue weighted by molar-refractivity contribution is 0.0507. The molecule has 0 aliphatic heterocycles. The summed E-state index contributed by atoms with van der Waals surface area (Å²) in [6.45, 7) is 7.03. The van der Waals surface area contributed by atoms with Crippen LogP contribution in [0.5, 0.6) is 0 Å². The number of benzene rings is 1. The molecule has 0 aromatic heterocycles. The van der Waals surface area contributed by atoms with Gasteiger partial charge in [-0.15, -0.1) is 0 Å². The molecule has 0 saturated carbocycles. The number of halogens is 2. The molecule has 0 aliphatic carbocycles. The number of hydrogen-bond donors (Lipinski definition) is 1. The van der Waals surface area contributed by atoms with Gasteiger partial charge in [0.15, 0.2) is 0 Å². The fraction of sp³-hybridized carbons (Fsp3) is 0.462. The predicted octanol–water partition coefficient (Wildman–Crippen LogP) is 4.17. The first kappa shape index (κ1) is 15.0. The molecule has 5 heteroatoms. The second kappa shape index (κ2) is 5.69. The SMILES string of the molecule is C[C@@H](NC(=O)OC(C)(C)C)c1cc(Br)ccc1F. The molecule has 1 aromatic rings. The number of alkyl carbamates (subject to hydrolysis) is 1. The lowest BCUT2D eigenvalue weighted by Crippen LogP contribution is -2.34. The normalized spacial score (nSPS) is 13.0. The van der Waals surface area contributed by atoms with E-state index < -0.39 is 17.7 Å². The van der Waals surface area contributed by atoms with Crippen LogP contribution in [0.2, 0.25) is 0 Å². The van der Waals surface area contributed by atoms with Crippen LogP contribution in [0, 0.1) is 5.82 Å². The third kappa shape index (κ3) is 4.64. The highest BCUT2D eigenvalue weighted by Crippen LogP contribution is 2.21. The zero-order valence-corrected chi connectivity index (χ0v) is 12.5. The lowest BCUT2D eigenvalue weighted by Gasteiger charge is -2.22. The Labute approximate surface area is 115 Å². The van der Waals surface area contributed by atoms with Gasteiger partial charge in [-0.1, -0.05) is 15.9 Å². The van der Waals surface area contributed by atoms with Crippen molar-refractivity contribution in [2.75, 3.05) is 0 Å². The minimum atomic E-state index is -0.570. The molecule has 1 N–H and O–H groups in total. The van der Waals surface area contributed by atoms with Crippen LogP contribution in [0.15, 0.2) is 22.7 Å². The molecule has 0 aliphatic rings. The van der Waals surface area contributed by atoms with Gasteiger partial charge < -0.3 is 10.1 Å². The zero-order valence-electron chi connectivity index (χ0n) is 10.9. The van der Waals surface area contributed by atoms with E-state index in [0.29, 0.717) is 5.56 Å². The maximum absolute atomic E-state index is 13.6. The van der Waals surface area contributed by atoms with E-state index in [-0.39, 0.29) is 5.82 Å². The van der Waals surface area contributed by atoms with Crippen molar-refractivity contribution in [1.29, 1.82) is 0 Å². The molecule has 1 amide bonds. The van der Waals surface area contributed by atoms with Gasteiger partial charge in [-0.2, -0.15) is 0 Å². The number of carbonyl (C=O) groups is 1. The number of hydrogen-bond acceptors (Lipinski definition) is 2. The quantitative estimate of drug-likeness (QED) is 0.888. The van der Waals surface area contributed by atoms with Crippen LogP contribution in [-0.2, 0) is 4.74 Å². The van der Waals surface area contributed by atoms with Crippen molar-refractivity contribution in [3.8, 4) is 0 Å². The van der Waals surface area contributed by atoms with Gasteiger partial charge in [-0.3, -0.25) is 0 Å². The average Bonchev–Trinajstić information content (AvgIpc) is 2.18. The largest absolute Gasteiger partial charge is 0.444 e. The molecule has 0 unspecified atom stereocenters. The van der Waals surface area contributed by atoms with Gasteiger partial charge in [0, 0.05) is 10.0 Å². The summed E-state index contributed by atoms with van der Waals surface area (Å²) in [4.78, 5) is 11.6. The van der Waals surface area contributed by atoms with Crippen LogP contribution < -0.4 is 5.32 Å². The van der Waals surface area contributed by atoms with Crippen molar-refractivity contribution >= 4 is 22.0 Å². The molecular weight excluding hydrogens is 301 g/mol. The Hall–Kier alpha value is -1.10. The number of ether oxygens (including phenoxy) is 1. The summed E-state index contributed by atoms with van der Waals surface area (Å²) < 4.78 is 19.5. The van der Waals surface area contributed by atoms with Crippen LogP contribution in [0.1, 0.15) is 39.3 Å². The minimum absolute atomic E-state index is 0.359. The minimum Gasteiger partial charge on any atom is -0.444 e. The van der Waals surface area contributed by atoms with E-state index in [0.717, 1.165) is 4.47 Å². The van der Waals surface area contributed by atoms with Crippen molar-refractivity contribution in [2.45, 2.75) is 39.3 Å². The van der Waals surface area contributed by atoms with Gasteiger partial charge in [0.05, 0.1) is 6.04 Å². The third-order valence-corrected chi connectivity index (χ3v) is 2.65. The summed E-state index contributed by atoms with van der Waals surface area (Å²) in [7, 11) is 0. The van der Waals surface area contributed by atoms with Crippen LogP contribution in [0.25, 0.3) is 0 Å². The first-order valence-electron chi connectivity index (χ1n) is 5.63. The average molecular weight is 318 g/mol. The van der Waals surface area contributed by atoms with E-state index in [2.05, 4.69) is 21.2 Å². The number of carbonyl (C=O) groups excluding carboxylic acids is 1. The van der Waals surface area contributed by atoms with E-state index in [1.54, 1.807) is 39.8 Å². The fourth-order valence-corrected chi connectivity index (χ4v) is 1.79. The Morgan fingerprint density at radius 3 is 2.61 bits per heavy atom. The molecule has 3 nitrogen and oxygen atoms in total. The standard InChI is InChI=1S/C13H17BrFNO2/c1-8(16-12(17)18-13(2,3)4)10-7-9(14)5-6-11(10)15/h5-8H,1-4H3,(H,16,17)/t8-/m1/s1. The lowest BCUT2D eigenvalue weighted by atomic mass is 10.1. The summed E-state index contributed by atoms with van der Waals surface area (Å²) >= 11 is 3.27.